The number of aromatic nitrogens is 5. The van der Waals surface area contributed by atoms with Crippen LogP contribution < -0.4 is 21.1 Å². The first-order valence-corrected chi connectivity index (χ1v) is 8.87. The third-order valence-electron chi connectivity index (χ3n) is 3.84. The predicted octanol–water partition coefficient (Wildman–Crippen LogP) is 1.94. The van der Waals surface area contributed by atoms with E-state index in [1.54, 1.807) is 17.1 Å². The number of nitrogens with one attached hydrogen (secondary N) is 2. The molecule has 0 aliphatic rings. The first kappa shape index (κ1) is 19.1. The minimum absolute atomic E-state index is 0.191. The molecule has 3 rings (SSSR count). The Kier molecular flexibility index (Phi) is 6.00. The number of carbonyl (C=O) groups is 1. The van der Waals surface area contributed by atoms with Crippen LogP contribution in [0.15, 0.2) is 36.9 Å². The molecule has 4 N–H and O–H groups in total. The van der Waals surface area contributed by atoms with Gasteiger partial charge in [-0.05, 0) is 19.9 Å². The van der Waals surface area contributed by atoms with Crippen LogP contribution in [0.3, 0.4) is 0 Å². The van der Waals surface area contributed by atoms with Gasteiger partial charge in [-0.25, -0.2) is 9.97 Å². The molecule has 1 amide bonds. The lowest BCUT2D eigenvalue weighted by Crippen LogP contribution is -2.17. The number of hydrogen-bond donors (Lipinski definition) is 3. The van der Waals surface area contributed by atoms with E-state index in [2.05, 4.69) is 30.7 Å². The standard InChI is InChI=1S/C18H22N8O2/c1-3-26-11-13(9-23-26)24-18-22-10-14(15(19)27)16(25-18)21-8-12-6-5-7-20-17(12)28-4-2/h5-7,9-11H,3-4,8H2,1-2H3,(H2,19,27)(H2,21,22,24,25). The van der Waals surface area contributed by atoms with E-state index in [0.717, 1.165) is 17.8 Å². The molecule has 10 nitrogen and oxygen atoms in total. The van der Waals surface area contributed by atoms with E-state index >= 15 is 0 Å². The molecule has 0 unspecified atom stereocenters. The molecule has 0 fully saturated rings. The Bertz CT molecular complexity index is 956. The van der Waals surface area contributed by atoms with Gasteiger partial charge in [-0.2, -0.15) is 10.1 Å². The smallest absolute Gasteiger partial charge is 0.254 e. The zero-order valence-corrected chi connectivity index (χ0v) is 15.7. The highest BCUT2D eigenvalue weighted by molar-refractivity contribution is 5.97. The van der Waals surface area contributed by atoms with Gasteiger partial charge in [-0.15, -0.1) is 0 Å². The molecule has 28 heavy (non-hydrogen) atoms. The van der Waals surface area contributed by atoms with Gasteiger partial charge in [0.25, 0.3) is 5.91 Å². The van der Waals surface area contributed by atoms with Crippen molar-refractivity contribution in [3.8, 4) is 5.88 Å². The summed E-state index contributed by atoms with van der Waals surface area (Å²) in [6.07, 6.45) is 6.55. The third-order valence-corrected chi connectivity index (χ3v) is 3.84. The van der Waals surface area contributed by atoms with Crippen molar-refractivity contribution in [2.24, 2.45) is 5.73 Å². The number of aryl methyl sites for hydroxylation is 1. The maximum absolute atomic E-state index is 11.7. The van der Waals surface area contributed by atoms with E-state index in [1.165, 1.54) is 6.20 Å². The fourth-order valence-corrected chi connectivity index (χ4v) is 2.49. The maximum Gasteiger partial charge on any atom is 0.254 e. The Morgan fingerprint density at radius 2 is 2.14 bits per heavy atom. The van der Waals surface area contributed by atoms with Crippen LogP contribution in [0.25, 0.3) is 0 Å². The summed E-state index contributed by atoms with van der Waals surface area (Å²) >= 11 is 0. The van der Waals surface area contributed by atoms with Crippen LogP contribution in [0.2, 0.25) is 0 Å². The van der Waals surface area contributed by atoms with E-state index in [0.29, 0.717) is 30.8 Å². The number of ether oxygens (including phenoxy) is 1. The number of amides is 1. The van der Waals surface area contributed by atoms with Crippen molar-refractivity contribution in [2.45, 2.75) is 26.9 Å². The summed E-state index contributed by atoms with van der Waals surface area (Å²) in [4.78, 5) is 24.5. The summed E-state index contributed by atoms with van der Waals surface area (Å²) in [5.74, 6) is 0.542. The largest absolute Gasteiger partial charge is 0.478 e. The minimum atomic E-state index is -0.621. The van der Waals surface area contributed by atoms with Crippen molar-refractivity contribution >= 4 is 23.4 Å². The van der Waals surface area contributed by atoms with Gasteiger partial charge < -0.3 is 21.1 Å². The second kappa shape index (κ2) is 8.80. The number of rotatable bonds is 9. The molecule has 0 atom stereocenters. The molecule has 0 saturated carbocycles. The van der Waals surface area contributed by atoms with Crippen molar-refractivity contribution in [1.29, 1.82) is 0 Å². The van der Waals surface area contributed by atoms with Gasteiger partial charge in [0.2, 0.25) is 11.8 Å². The number of primary amides is 1. The van der Waals surface area contributed by atoms with Crippen LogP contribution in [0.1, 0.15) is 29.8 Å². The lowest BCUT2D eigenvalue weighted by molar-refractivity contribution is 0.100. The monoisotopic (exact) mass is 382 g/mol. The predicted molar refractivity (Wildman–Crippen MR) is 104 cm³/mol. The fourth-order valence-electron chi connectivity index (χ4n) is 2.49. The van der Waals surface area contributed by atoms with Crippen LogP contribution in [-0.4, -0.2) is 37.2 Å². The topological polar surface area (TPSA) is 133 Å². The molecule has 0 aliphatic heterocycles. The number of nitrogens with zero attached hydrogens (tertiary/aromatic N) is 5. The molecule has 3 aromatic heterocycles. The average Bonchev–Trinajstić information content (AvgIpc) is 3.15. The summed E-state index contributed by atoms with van der Waals surface area (Å²) in [6, 6.07) is 3.70. The molecule has 0 saturated heterocycles. The highest BCUT2D eigenvalue weighted by Gasteiger charge is 2.14. The van der Waals surface area contributed by atoms with E-state index in [1.807, 2.05) is 32.2 Å². The molecule has 0 spiro atoms. The van der Waals surface area contributed by atoms with Crippen molar-refractivity contribution in [2.75, 3.05) is 17.2 Å². The zero-order valence-electron chi connectivity index (χ0n) is 15.7. The van der Waals surface area contributed by atoms with Gasteiger partial charge in [0.15, 0.2) is 0 Å². The van der Waals surface area contributed by atoms with Gasteiger partial charge in [0, 0.05) is 37.2 Å². The average molecular weight is 382 g/mol. The molecule has 146 valence electrons. The van der Waals surface area contributed by atoms with Gasteiger partial charge in [0.05, 0.1) is 24.1 Å². The highest BCUT2D eigenvalue weighted by Crippen LogP contribution is 2.20. The Labute approximate surface area is 162 Å². The van der Waals surface area contributed by atoms with Crippen molar-refractivity contribution in [3.05, 3.63) is 48.0 Å². The second-order valence-corrected chi connectivity index (χ2v) is 5.78. The Morgan fingerprint density at radius 1 is 1.29 bits per heavy atom. The maximum atomic E-state index is 11.7. The summed E-state index contributed by atoms with van der Waals surface area (Å²) in [6.45, 7) is 5.49. The van der Waals surface area contributed by atoms with E-state index < -0.39 is 5.91 Å². The van der Waals surface area contributed by atoms with Crippen LogP contribution in [0, 0.1) is 0 Å². The normalized spacial score (nSPS) is 10.5. The van der Waals surface area contributed by atoms with Crippen LogP contribution in [0.4, 0.5) is 17.5 Å². The van der Waals surface area contributed by atoms with Crippen molar-refractivity contribution in [3.63, 3.8) is 0 Å². The number of anilines is 3. The molecule has 3 aromatic rings. The van der Waals surface area contributed by atoms with Crippen molar-refractivity contribution in [1.82, 2.24) is 24.7 Å². The molecule has 0 aromatic carbocycles. The summed E-state index contributed by atoms with van der Waals surface area (Å²) in [5, 5.41) is 10.4. The number of carbonyl (C=O) groups excluding carboxylic acids is 1. The first-order valence-electron chi connectivity index (χ1n) is 8.87. The van der Waals surface area contributed by atoms with Crippen LogP contribution in [-0.2, 0) is 13.1 Å². The van der Waals surface area contributed by atoms with Gasteiger partial charge >= 0.3 is 0 Å². The number of pyridine rings is 1. The summed E-state index contributed by atoms with van der Waals surface area (Å²) in [7, 11) is 0. The molecule has 0 bridgehead atoms. The highest BCUT2D eigenvalue weighted by atomic mass is 16.5. The van der Waals surface area contributed by atoms with Gasteiger partial charge in [-0.1, -0.05) is 6.07 Å². The van der Waals surface area contributed by atoms with E-state index in [4.69, 9.17) is 10.5 Å². The van der Waals surface area contributed by atoms with Crippen LogP contribution >= 0.6 is 0 Å². The van der Waals surface area contributed by atoms with E-state index in [9.17, 15) is 4.79 Å². The van der Waals surface area contributed by atoms with Gasteiger partial charge in [0.1, 0.15) is 5.82 Å². The number of hydrogen-bond acceptors (Lipinski definition) is 8. The first-order chi connectivity index (χ1) is 13.6. The second-order valence-electron chi connectivity index (χ2n) is 5.78. The molecule has 0 aliphatic carbocycles. The summed E-state index contributed by atoms with van der Waals surface area (Å²) in [5.41, 5.74) is 7.22. The molecule has 10 heteroatoms. The zero-order chi connectivity index (χ0) is 19.9. The van der Waals surface area contributed by atoms with Crippen LogP contribution in [0.5, 0.6) is 5.88 Å². The number of nitrogens with two attached hydrogens (primary N) is 1. The van der Waals surface area contributed by atoms with Gasteiger partial charge in [-0.3, -0.25) is 9.48 Å². The lowest BCUT2D eigenvalue weighted by atomic mass is 10.2. The SMILES string of the molecule is CCOc1ncccc1CNc1nc(Nc2cnn(CC)c2)ncc1C(N)=O. The van der Waals surface area contributed by atoms with E-state index in [-0.39, 0.29) is 5.56 Å². The Morgan fingerprint density at radius 3 is 2.86 bits per heavy atom. The fraction of sp³-hybridized carbons (Fsp3) is 0.278. The third kappa shape index (κ3) is 4.53. The molecule has 0 radical (unpaired) electrons. The Balaban J connectivity index is 1.81. The molecular weight excluding hydrogens is 360 g/mol. The lowest BCUT2D eigenvalue weighted by Gasteiger charge is -2.13. The molecular formula is C18H22N8O2. The molecule has 3 heterocycles. The van der Waals surface area contributed by atoms with Crippen molar-refractivity contribution < 1.29 is 9.53 Å². The summed E-state index contributed by atoms with van der Waals surface area (Å²) < 4.78 is 7.30. The quantitative estimate of drug-likeness (QED) is 0.511. The minimum Gasteiger partial charge on any atom is -0.478 e. The Hall–Kier alpha value is -3.69.